The van der Waals surface area contributed by atoms with Gasteiger partial charge in [0.05, 0.1) is 10.4 Å². The summed E-state index contributed by atoms with van der Waals surface area (Å²) in [5, 5.41) is 3.15. The molecule has 1 amide bonds. The highest BCUT2D eigenvalue weighted by atomic mass is 32.1. The van der Waals surface area contributed by atoms with Gasteiger partial charge in [0, 0.05) is 31.1 Å². The molecular formula is C22H25N3OS. The number of carbonyl (C=O) groups excluding carboxylic acids is 1. The zero-order chi connectivity index (χ0) is 18.6. The van der Waals surface area contributed by atoms with E-state index in [0.29, 0.717) is 6.04 Å². The second kappa shape index (κ2) is 8.09. The van der Waals surface area contributed by atoms with Crippen molar-refractivity contribution in [1.29, 1.82) is 0 Å². The highest BCUT2D eigenvalue weighted by molar-refractivity contribution is 7.12. The third kappa shape index (κ3) is 3.83. The van der Waals surface area contributed by atoms with Gasteiger partial charge in [-0.1, -0.05) is 31.2 Å². The molecule has 0 radical (unpaired) electrons. The van der Waals surface area contributed by atoms with E-state index in [1.165, 1.54) is 16.7 Å². The van der Waals surface area contributed by atoms with Crippen molar-refractivity contribution in [3.63, 3.8) is 0 Å². The van der Waals surface area contributed by atoms with Crippen LogP contribution in [-0.2, 0) is 0 Å². The van der Waals surface area contributed by atoms with Gasteiger partial charge in [-0.3, -0.25) is 4.79 Å². The quantitative estimate of drug-likeness (QED) is 0.638. The SMILES string of the molecule is CCCN(C(=O)c1cccs1)C1CCN(c2ccc3ccccc3n2)CC1. The van der Waals surface area contributed by atoms with E-state index in [2.05, 4.69) is 41.0 Å². The summed E-state index contributed by atoms with van der Waals surface area (Å²) in [7, 11) is 0. The van der Waals surface area contributed by atoms with E-state index >= 15 is 0 Å². The lowest BCUT2D eigenvalue weighted by Gasteiger charge is -2.39. The van der Waals surface area contributed by atoms with Crippen molar-refractivity contribution in [3.8, 4) is 0 Å². The highest BCUT2D eigenvalue weighted by Gasteiger charge is 2.29. The van der Waals surface area contributed by atoms with Crippen molar-refractivity contribution in [2.45, 2.75) is 32.2 Å². The first-order valence-electron chi connectivity index (χ1n) is 9.71. The molecule has 3 heterocycles. The van der Waals surface area contributed by atoms with Crippen LogP contribution in [0.1, 0.15) is 35.9 Å². The molecular weight excluding hydrogens is 354 g/mol. The topological polar surface area (TPSA) is 36.4 Å². The van der Waals surface area contributed by atoms with Gasteiger partial charge in [-0.25, -0.2) is 4.98 Å². The smallest absolute Gasteiger partial charge is 0.264 e. The van der Waals surface area contributed by atoms with Crippen LogP contribution >= 0.6 is 11.3 Å². The Balaban J connectivity index is 1.45. The Morgan fingerprint density at radius 1 is 1.15 bits per heavy atom. The number of pyridine rings is 1. The molecule has 4 nitrogen and oxygen atoms in total. The summed E-state index contributed by atoms with van der Waals surface area (Å²) < 4.78 is 0. The molecule has 1 aliphatic heterocycles. The Hall–Kier alpha value is -2.40. The van der Waals surface area contributed by atoms with Gasteiger partial charge >= 0.3 is 0 Å². The first-order chi connectivity index (χ1) is 13.3. The highest BCUT2D eigenvalue weighted by Crippen LogP contribution is 2.25. The summed E-state index contributed by atoms with van der Waals surface area (Å²) in [6.07, 6.45) is 2.97. The van der Waals surface area contributed by atoms with Gasteiger partial charge in [0.25, 0.3) is 5.91 Å². The molecule has 1 aliphatic rings. The Kier molecular flexibility index (Phi) is 5.39. The lowest BCUT2D eigenvalue weighted by atomic mass is 10.0. The van der Waals surface area contributed by atoms with Crippen molar-refractivity contribution in [2.75, 3.05) is 24.5 Å². The lowest BCUT2D eigenvalue weighted by molar-refractivity contribution is 0.0655. The van der Waals surface area contributed by atoms with Crippen LogP contribution in [0.25, 0.3) is 10.9 Å². The van der Waals surface area contributed by atoms with E-state index in [4.69, 9.17) is 4.98 Å². The van der Waals surface area contributed by atoms with Gasteiger partial charge in [-0.05, 0) is 48.9 Å². The molecule has 0 spiro atoms. The molecule has 3 aromatic rings. The van der Waals surface area contributed by atoms with Crippen LogP contribution in [-0.4, -0.2) is 41.5 Å². The normalized spacial score (nSPS) is 15.2. The number of aromatic nitrogens is 1. The van der Waals surface area contributed by atoms with Gasteiger partial charge < -0.3 is 9.80 Å². The molecule has 140 valence electrons. The molecule has 1 aromatic carbocycles. The number of fused-ring (bicyclic) bond motifs is 1. The fraction of sp³-hybridized carbons (Fsp3) is 0.364. The van der Waals surface area contributed by atoms with E-state index < -0.39 is 0 Å². The second-order valence-electron chi connectivity index (χ2n) is 7.06. The number of nitrogens with zero attached hydrogens (tertiary/aromatic N) is 3. The van der Waals surface area contributed by atoms with E-state index in [-0.39, 0.29) is 5.91 Å². The van der Waals surface area contributed by atoms with Crippen molar-refractivity contribution >= 4 is 34.0 Å². The van der Waals surface area contributed by atoms with E-state index in [0.717, 1.165) is 55.1 Å². The third-order valence-corrected chi connectivity index (χ3v) is 6.13. The molecule has 5 heteroatoms. The Labute approximate surface area is 164 Å². The van der Waals surface area contributed by atoms with E-state index in [1.807, 2.05) is 29.6 Å². The number of anilines is 1. The minimum Gasteiger partial charge on any atom is -0.356 e. The summed E-state index contributed by atoms with van der Waals surface area (Å²) >= 11 is 1.54. The lowest BCUT2D eigenvalue weighted by Crippen LogP contribution is -2.47. The number of benzene rings is 1. The molecule has 0 unspecified atom stereocenters. The monoisotopic (exact) mass is 379 g/mol. The zero-order valence-electron chi connectivity index (χ0n) is 15.7. The van der Waals surface area contributed by atoms with E-state index in [9.17, 15) is 4.79 Å². The van der Waals surface area contributed by atoms with Crippen molar-refractivity contribution in [1.82, 2.24) is 9.88 Å². The number of hydrogen-bond donors (Lipinski definition) is 0. The van der Waals surface area contributed by atoms with Gasteiger partial charge in [-0.15, -0.1) is 11.3 Å². The summed E-state index contributed by atoms with van der Waals surface area (Å²) in [5.74, 6) is 1.23. The molecule has 0 atom stereocenters. The van der Waals surface area contributed by atoms with Crippen LogP contribution in [0.15, 0.2) is 53.9 Å². The molecule has 0 bridgehead atoms. The Bertz CT molecular complexity index is 901. The van der Waals surface area contributed by atoms with Crippen LogP contribution in [0.5, 0.6) is 0 Å². The molecule has 0 saturated carbocycles. The Morgan fingerprint density at radius 3 is 2.70 bits per heavy atom. The molecule has 27 heavy (non-hydrogen) atoms. The van der Waals surface area contributed by atoms with Gasteiger partial charge in [0.15, 0.2) is 0 Å². The van der Waals surface area contributed by atoms with E-state index in [1.54, 1.807) is 0 Å². The van der Waals surface area contributed by atoms with Crippen LogP contribution < -0.4 is 4.90 Å². The molecule has 4 rings (SSSR count). The maximum atomic E-state index is 12.9. The number of rotatable bonds is 5. The Morgan fingerprint density at radius 2 is 1.96 bits per heavy atom. The third-order valence-electron chi connectivity index (χ3n) is 5.27. The van der Waals surface area contributed by atoms with Crippen molar-refractivity contribution < 1.29 is 4.79 Å². The van der Waals surface area contributed by atoms with Crippen molar-refractivity contribution in [3.05, 3.63) is 58.8 Å². The fourth-order valence-electron chi connectivity index (χ4n) is 3.87. The van der Waals surface area contributed by atoms with Crippen molar-refractivity contribution in [2.24, 2.45) is 0 Å². The number of amides is 1. The standard InChI is InChI=1S/C22H25N3OS/c1-2-13-25(22(26)20-8-5-16-27-20)18-11-14-24(15-12-18)21-10-9-17-6-3-4-7-19(17)23-21/h3-10,16,18H,2,11-15H2,1H3. The summed E-state index contributed by atoms with van der Waals surface area (Å²) in [4.78, 5) is 23.0. The van der Waals surface area contributed by atoms with Crippen LogP contribution in [0, 0.1) is 0 Å². The molecule has 2 aromatic heterocycles. The molecule has 0 aliphatic carbocycles. The fourth-order valence-corrected chi connectivity index (χ4v) is 4.55. The van der Waals surface area contributed by atoms with Gasteiger partial charge in [-0.2, -0.15) is 0 Å². The first-order valence-corrected chi connectivity index (χ1v) is 10.6. The average molecular weight is 380 g/mol. The zero-order valence-corrected chi connectivity index (χ0v) is 16.5. The van der Waals surface area contributed by atoms with Crippen LogP contribution in [0.2, 0.25) is 0 Å². The number of thiophene rings is 1. The predicted octanol–water partition coefficient (Wildman–Crippen LogP) is 4.82. The number of para-hydroxylation sites is 1. The summed E-state index contributed by atoms with van der Waals surface area (Å²) in [6.45, 7) is 4.85. The van der Waals surface area contributed by atoms with Gasteiger partial charge in [0.1, 0.15) is 5.82 Å². The first kappa shape index (κ1) is 18.0. The molecule has 0 N–H and O–H groups in total. The molecule has 1 fully saturated rings. The maximum absolute atomic E-state index is 12.9. The summed E-state index contributed by atoms with van der Waals surface area (Å²) in [5.41, 5.74) is 1.04. The number of piperidine rings is 1. The predicted molar refractivity (Wildman–Crippen MR) is 113 cm³/mol. The average Bonchev–Trinajstić information content (AvgIpc) is 3.26. The molecule has 1 saturated heterocycles. The summed E-state index contributed by atoms with van der Waals surface area (Å²) in [6, 6.07) is 16.7. The van der Waals surface area contributed by atoms with Crippen LogP contribution in [0.4, 0.5) is 5.82 Å². The maximum Gasteiger partial charge on any atom is 0.264 e. The van der Waals surface area contributed by atoms with Crippen LogP contribution in [0.3, 0.4) is 0 Å². The second-order valence-corrected chi connectivity index (χ2v) is 8.00. The largest absolute Gasteiger partial charge is 0.356 e. The number of carbonyl (C=O) groups is 1. The minimum atomic E-state index is 0.189. The number of hydrogen-bond acceptors (Lipinski definition) is 4. The minimum absolute atomic E-state index is 0.189. The van der Waals surface area contributed by atoms with Gasteiger partial charge in [0.2, 0.25) is 0 Å².